The molecular formula is C27H27ClN2O2. The third-order valence-electron chi connectivity index (χ3n) is 5.90. The number of carbonyl (C=O) groups excluding carboxylic acids is 1. The third kappa shape index (κ3) is 3.76. The van der Waals surface area contributed by atoms with Crippen LogP contribution in [-0.2, 0) is 19.3 Å². The van der Waals surface area contributed by atoms with Crippen molar-refractivity contribution >= 4 is 40.2 Å². The van der Waals surface area contributed by atoms with Gasteiger partial charge in [-0.2, -0.15) is 0 Å². The number of furan rings is 1. The Morgan fingerprint density at radius 2 is 1.62 bits per heavy atom. The van der Waals surface area contributed by atoms with Crippen LogP contribution in [0.25, 0.3) is 22.1 Å². The zero-order valence-electron chi connectivity index (χ0n) is 18.6. The summed E-state index contributed by atoms with van der Waals surface area (Å²) in [7, 11) is 0. The molecule has 0 saturated heterocycles. The van der Waals surface area contributed by atoms with Gasteiger partial charge in [-0.3, -0.25) is 0 Å². The van der Waals surface area contributed by atoms with Crippen molar-refractivity contribution in [3.8, 4) is 11.1 Å². The van der Waals surface area contributed by atoms with Crippen LogP contribution in [0.15, 0.2) is 65.1 Å². The van der Waals surface area contributed by atoms with E-state index in [1.807, 2.05) is 54.6 Å². The Hall–Kier alpha value is -3.24. The Kier molecular flexibility index (Phi) is 6.24. The van der Waals surface area contributed by atoms with Crippen LogP contribution in [0.2, 0.25) is 5.02 Å². The van der Waals surface area contributed by atoms with Crippen molar-refractivity contribution in [3.63, 3.8) is 0 Å². The van der Waals surface area contributed by atoms with Crippen molar-refractivity contribution in [1.29, 1.82) is 0 Å². The SMILES string of the molecule is CCc1ccc2oc(N(C(N)=O)c3c(CC)cccc3CC)c(-c3ccccc3Cl)c2c1. The summed E-state index contributed by atoms with van der Waals surface area (Å²) in [5.41, 5.74) is 12.3. The fourth-order valence-electron chi connectivity index (χ4n) is 4.25. The van der Waals surface area contributed by atoms with Gasteiger partial charge in [0.25, 0.3) is 0 Å². The maximum atomic E-state index is 13.0. The van der Waals surface area contributed by atoms with Crippen LogP contribution < -0.4 is 10.6 Å². The lowest BCUT2D eigenvalue weighted by molar-refractivity contribution is 0.255. The van der Waals surface area contributed by atoms with Crippen LogP contribution >= 0.6 is 11.6 Å². The van der Waals surface area contributed by atoms with Crippen LogP contribution in [0, 0.1) is 0 Å². The van der Waals surface area contributed by atoms with Gasteiger partial charge in [-0.25, -0.2) is 9.69 Å². The van der Waals surface area contributed by atoms with E-state index in [4.69, 9.17) is 21.8 Å². The van der Waals surface area contributed by atoms with Crippen molar-refractivity contribution in [2.45, 2.75) is 40.0 Å². The van der Waals surface area contributed by atoms with Gasteiger partial charge in [-0.15, -0.1) is 0 Å². The smallest absolute Gasteiger partial charge is 0.326 e. The lowest BCUT2D eigenvalue weighted by Crippen LogP contribution is -2.33. The average Bonchev–Trinajstić information content (AvgIpc) is 3.17. The molecular weight excluding hydrogens is 420 g/mol. The average molecular weight is 447 g/mol. The molecule has 3 aromatic carbocycles. The predicted octanol–water partition coefficient (Wildman–Crippen LogP) is 7.66. The molecule has 2 amide bonds. The van der Waals surface area contributed by atoms with Crippen LogP contribution in [-0.4, -0.2) is 6.03 Å². The second-order valence-electron chi connectivity index (χ2n) is 7.75. The molecule has 4 nitrogen and oxygen atoms in total. The number of carbonyl (C=O) groups is 1. The highest BCUT2D eigenvalue weighted by molar-refractivity contribution is 6.34. The standard InChI is InChI=1S/C27H27ClN2O2/c1-4-17-14-15-23-21(16-17)24(20-12-7-8-13-22(20)28)26(32-23)30(27(29)31)25-18(5-2)10-9-11-19(25)6-3/h7-16H,4-6H2,1-3H3,(H2,29,31). The number of primary amides is 1. The first kappa shape index (κ1) is 22.0. The molecule has 2 N–H and O–H groups in total. The van der Waals surface area contributed by atoms with E-state index in [0.29, 0.717) is 16.5 Å². The first-order valence-corrected chi connectivity index (χ1v) is 11.4. The summed E-state index contributed by atoms with van der Waals surface area (Å²) in [6, 6.07) is 19.2. The largest absolute Gasteiger partial charge is 0.439 e. The number of urea groups is 1. The minimum absolute atomic E-state index is 0.393. The number of fused-ring (bicyclic) bond motifs is 1. The lowest BCUT2D eigenvalue weighted by atomic mass is 9.99. The van der Waals surface area contributed by atoms with Gasteiger partial charge in [0.15, 0.2) is 0 Å². The van der Waals surface area contributed by atoms with Gasteiger partial charge in [0.05, 0.1) is 11.3 Å². The minimum atomic E-state index is -0.594. The van der Waals surface area contributed by atoms with Crippen molar-refractivity contribution in [1.82, 2.24) is 0 Å². The van der Waals surface area contributed by atoms with Crippen molar-refractivity contribution in [2.75, 3.05) is 4.90 Å². The van der Waals surface area contributed by atoms with E-state index in [-0.39, 0.29) is 0 Å². The highest BCUT2D eigenvalue weighted by Gasteiger charge is 2.29. The number of benzene rings is 3. The van der Waals surface area contributed by atoms with Crippen molar-refractivity contribution in [3.05, 3.63) is 82.4 Å². The molecule has 0 bridgehead atoms. The molecule has 0 fully saturated rings. The van der Waals surface area contributed by atoms with Crippen molar-refractivity contribution in [2.24, 2.45) is 5.73 Å². The summed E-state index contributed by atoms with van der Waals surface area (Å²) in [6.07, 6.45) is 2.40. The van der Waals surface area contributed by atoms with Crippen LogP contribution in [0.5, 0.6) is 0 Å². The molecule has 4 rings (SSSR count). The Morgan fingerprint density at radius 3 is 2.22 bits per heavy atom. The van der Waals surface area contributed by atoms with E-state index in [1.165, 1.54) is 10.5 Å². The highest BCUT2D eigenvalue weighted by atomic mass is 35.5. The van der Waals surface area contributed by atoms with E-state index in [9.17, 15) is 4.79 Å². The summed E-state index contributed by atoms with van der Waals surface area (Å²) in [5, 5.41) is 1.49. The van der Waals surface area contributed by atoms with E-state index in [2.05, 4.69) is 26.8 Å². The summed E-state index contributed by atoms with van der Waals surface area (Å²) in [4.78, 5) is 14.5. The number of rotatable bonds is 6. The van der Waals surface area contributed by atoms with Gasteiger partial charge >= 0.3 is 6.03 Å². The molecule has 0 saturated carbocycles. The first-order valence-electron chi connectivity index (χ1n) is 11.0. The van der Waals surface area contributed by atoms with E-state index >= 15 is 0 Å². The van der Waals surface area contributed by atoms with Gasteiger partial charge in [-0.05, 0) is 54.2 Å². The molecule has 0 aliphatic carbocycles. The fraction of sp³-hybridized carbons (Fsp3) is 0.222. The van der Waals surface area contributed by atoms with Crippen LogP contribution in [0.3, 0.4) is 0 Å². The summed E-state index contributed by atoms with van der Waals surface area (Å²) in [6.45, 7) is 6.25. The molecule has 0 atom stereocenters. The Morgan fingerprint density at radius 1 is 0.938 bits per heavy atom. The van der Waals surface area contributed by atoms with Gasteiger partial charge in [-0.1, -0.05) is 74.8 Å². The number of hydrogen-bond acceptors (Lipinski definition) is 2. The normalized spacial score (nSPS) is 11.1. The fourth-order valence-corrected chi connectivity index (χ4v) is 4.48. The number of hydrogen-bond donors (Lipinski definition) is 1. The zero-order valence-corrected chi connectivity index (χ0v) is 19.4. The van der Waals surface area contributed by atoms with E-state index in [0.717, 1.165) is 52.6 Å². The number of aryl methyl sites for hydroxylation is 3. The number of anilines is 2. The second kappa shape index (κ2) is 9.09. The summed E-state index contributed by atoms with van der Waals surface area (Å²) < 4.78 is 6.35. The number of nitrogens with zero attached hydrogens (tertiary/aromatic N) is 1. The second-order valence-corrected chi connectivity index (χ2v) is 8.16. The maximum Gasteiger partial charge on any atom is 0.326 e. The number of halogens is 1. The molecule has 1 aromatic heterocycles. The Bertz CT molecular complexity index is 1270. The van der Waals surface area contributed by atoms with Gasteiger partial charge in [0, 0.05) is 16.0 Å². The topological polar surface area (TPSA) is 59.5 Å². The maximum absolute atomic E-state index is 13.0. The number of para-hydroxylation sites is 1. The van der Waals surface area contributed by atoms with Gasteiger partial charge in [0.2, 0.25) is 5.88 Å². The Balaban J connectivity index is 2.11. The monoisotopic (exact) mass is 446 g/mol. The summed E-state index contributed by atoms with van der Waals surface area (Å²) in [5.74, 6) is 0.393. The van der Waals surface area contributed by atoms with Crippen LogP contribution in [0.4, 0.5) is 16.4 Å². The minimum Gasteiger partial charge on any atom is -0.439 e. The van der Waals surface area contributed by atoms with Gasteiger partial charge < -0.3 is 10.2 Å². The molecule has 0 radical (unpaired) electrons. The Labute approximate surface area is 193 Å². The number of amides is 2. The van der Waals surface area contributed by atoms with E-state index in [1.54, 1.807) is 0 Å². The van der Waals surface area contributed by atoms with Gasteiger partial charge in [0.1, 0.15) is 5.58 Å². The summed E-state index contributed by atoms with van der Waals surface area (Å²) >= 11 is 6.63. The first-order chi connectivity index (χ1) is 15.5. The van der Waals surface area contributed by atoms with Crippen LogP contribution in [0.1, 0.15) is 37.5 Å². The molecule has 4 aromatic rings. The lowest BCUT2D eigenvalue weighted by Gasteiger charge is -2.25. The number of nitrogens with two attached hydrogens (primary N) is 1. The molecule has 1 heterocycles. The molecule has 0 spiro atoms. The molecule has 5 heteroatoms. The van der Waals surface area contributed by atoms with Crippen molar-refractivity contribution < 1.29 is 9.21 Å². The van der Waals surface area contributed by atoms with E-state index < -0.39 is 6.03 Å². The zero-order chi connectivity index (χ0) is 22.8. The molecule has 32 heavy (non-hydrogen) atoms. The predicted molar refractivity (Wildman–Crippen MR) is 133 cm³/mol. The molecule has 0 unspecified atom stereocenters. The molecule has 0 aliphatic heterocycles. The molecule has 0 aliphatic rings. The molecule has 164 valence electrons. The third-order valence-corrected chi connectivity index (χ3v) is 6.23. The quantitative estimate of drug-likeness (QED) is 0.330. The highest BCUT2D eigenvalue weighted by Crippen LogP contribution is 2.46.